The van der Waals surface area contributed by atoms with Crippen LogP contribution in [0.15, 0.2) is 18.5 Å². The topological polar surface area (TPSA) is 28.2 Å². The van der Waals surface area contributed by atoms with Gasteiger partial charge in [-0.3, -0.25) is 9.88 Å². The molecule has 0 amide bonds. The fourth-order valence-corrected chi connectivity index (χ4v) is 3.47. The van der Waals surface area contributed by atoms with E-state index < -0.39 is 0 Å². The molecule has 1 atom stereocenters. The lowest BCUT2D eigenvalue weighted by Gasteiger charge is -2.50. The van der Waals surface area contributed by atoms with Crippen LogP contribution in [0.4, 0.5) is 0 Å². The Morgan fingerprint density at radius 2 is 2.14 bits per heavy atom. The van der Waals surface area contributed by atoms with E-state index in [4.69, 9.17) is 11.6 Å². The molecule has 2 heterocycles. The second kappa shape index (κ2) is 7.08. The zero-order valence-corrected chi connectivity index (χ0v) is 14.5. The minimum Gasteiger partial charge on any atom is -0.311 e. The predicted molar refractivity (Wildman–Crippen MR) is 89.6 cm³/mol. The van der Waals surface area contributed by atoms with Crippen LogP contribution in [-0.4, -0.2) is 34.6 Å². The lowest BCUT2D eigenvalue weighted by molar-refractivity contribution is 0.0156. The Hall–Kier alpha value is -0.640. The van der Waals surface area contributed by atoms with Crippen LogP contribution in [0.5, 0.6) is 0 Å². The maximum atomic E-state index is 6.32. The number of pyridine rings is 1. The number of aromatic nitrogens is 1. The fraction of sp³-hybridized carbons (Fsp3) is 0.706. The minimum absolute atomic E-state index is 0.234. The molecule has 4 heteroatoms. The van der Waals surface area contributed by atoms with Crippen molar-refractivity contribution in [1.82, 2.24) is 15.2 Å². The van der Waals surface area contributed by atoms with Crippen molar-refractivity contribution in [2.75, 3.05) is 13.1 Å². The third-order valence-electron chi connectivity index (χ3n) is 5.12. The lowest BCUT2D eigenvalue weighted by atomic mass is 9.85. The van der Waals surface area contributed by atoms with Crippen LogP contribution < -0.4 is 5.32 Å². The Bertz CT molecular complexity index is 457. The first kappa shape index (κ1) is 16.7. The number of rotatable bonds is 5. The van der Waals surface area contributed by atoms with E-state index in [-0.39, 0.29) is 5.54 Å². The molecule has 1 aliphatic heterocycles. The van der Waals surface area contributed by atoms with Crippen molar-refractivity contribution >= 4 is 11.6 Å². The minimum atomic E-state index is 0.234. The van der Waals surface area contributed by atoms with Gasteiger partial charge in [0, 0.05) is 43.6 Å². The average molecular weight is 310 g/mol. The summed E-state index contributed by atoms with van der Waals surface area (Å²) in [4.78, 5) is 6.73. The third-order valence-corrected chi connectivity index (χ3v) is 5.46. The Morgan fingerprint density at radius 3 is 2.71 bits per heavy atom. The predicted octanol–water partition coefficient (Wildman–Crippen LogP) is 3.72. The van der Waals surface area contributed by atoms with Crippen LogP contribution in [-0.2, 0) is 6.54 Å². The second-order valence-electron chi connectivity index (χ2n) is 6.51. The van der Waals surface area contributed by atoms with Gasteiger partial charge in [0.15, 0.2) is 0 Å². The highest BCUT2D eigenvalue weighted by Crippen LogP contribution is 2.31. The van der Waals surface area contributed by atoms with Gasteiger partial charge in [0.1, 0.15) is 0 Å². The Labute approximate surface area is 134 Å². The van der Waals surface area contributed by atoms with Crippen molar-refractivity contribution in [3.8, 4) is 0 Å². The van der Waals surface area contributed by atoms with Crippen molar-refractivity contribution in [1.29, 1.82) is 0 Å². The van der Waals surface area contributed by atoms with Gasteiger partial charge in [-0.15, -0.1) is 0 Å². The number of nitrogens with zero attached hydrogens (tertiary/aromatic N) is 2. The summed E-state index contributed by atoms with van der Waals surface area (Å²) in [5.41, 5.74) is 1.42. The molecule has 1 aromatic heterocycles. The van der Waals surface area contributed by atoms with Crippen molar-refractivity contribution in [2.45, 2.75) is 58.7 Å². The van der Waals surface area contributed by atoms with E-state index in [0.717, 1.165) is 37.5 Å². The molecule has 0 bridgehead atoms. The van der Waals surface area contributed by atoms with E-state index in [9.17, 15) is 0 Å². The van der Waals surface area contributed by atoms with Gasteiger partial charge < -0.3 is 5.32 Å². The molecule has 0 radical (unpaired) electrons. The van der Waals surface area contributed by atoms with E-state index in [1.165, 1.54) is 5.56 Å². The highest BCUT2D eigenvalue weighted by Gasteiger charge is 2.39. The van der Waals surface area contributed by atoms with E-state index in [0.29, 0.717) is 12.0 Å². The maximum Gasteiger partial charge on any atom is 0.0634 e. The van der Waals surface area contributed by atoms with Gasteiger partial charge in [0.05, 0.1) is 5.02 Å². The van der Waals surface area contributed by atoms with Gasteiger partial charge >= 0.3 is 0 Å². The molecule has 1 aromatic rings. The van der Waals surface area contributed by atoms with E-state index in [1.54, 1.807) is 6.20 Å². The molecule has 0 aliphatic carbocycles. The van der Waals surface area contributed by atoms with Crippen LogP contribution in [0, 0.1) is 5.92 Å². The first-order valence-corrected chi connectivity index (χ1v) is 8.47. The molecule has 1 fully saturated rings. The van der Waals surface area contributed by atoms with Crippen LogP contribution in [0.25, 0.3) is 0 Å². The third kappa shape index (κ3) is 3.58. The number of hydrogen-bond acceptors (Lipinski definition) is 3. The summed E-state index contributed by atoms with van der Waals surface area (Å²) in [7, 11) is 0. The average Bonchev–Trinajstić information content (AvgIpc) is 2.49. The highest BCUT2D eigenvalue weighted by molar-refractivity contribution is 6.31. The molecule has 0 spiro atoms. The second-order valence-corrected chi connectivity index (χ2v) is 6.92. The molecule has 1 N–H and O–H groups in total. The summed E-state index contributed by atoms with van der Waals surface area (Å²) in [6.45, 7) is 12.2. The summed E-state index contributed by atoms with van der Waals surface area (Å²) in [6.07, 6.45) is 5.90. The normalized spacial score (nSPS) is 22.7. The van der Waals surface area contributed by atoms with E-state index >= 15 is 0 Å². The molecule has 1 saturated heterocycles. The van der Waals surface area contributed by atoms with E-state index in [1.807, 2.05) is 12.3 Å². The summed E-state index contributed by atoms with van der Waals surface area (Å²) in [5.74, 6) is 0.645. The van der Waals surface area contributed by atoms with Gasteiger partial charge in [-0.05, 0) is 30.4 Å². The molecule has 2 rings (SSSR count). The molecule has 1 unspecified atom stereocenters. The standard InChI is InChI=1S/C17H28ClN3/c1-5-17(6-2)12-20-16(13(3)4)11-21(17)10-14-7-8-19-9-15(14)18/h7-9,13,16,20H,5-6,10-12H2,1-4H3. The van der Waals surface area contributed by atoms with Gasteiger partial charge in [0.2, 0.25) is 0 Å². The SMILES string of the molecule is CCC1(CC)CNC(C(C)C)CN1Cc1ccncc1Cl. The first-order valence-electron chi connectivity index (χ1n) is 8.09. The van der Waals surface area contributed by atoms with Gasteiger partial charge in [0.25, 0.3) is 0 Å². The van der Waals surface area contributed by atoms with Crippen molar-refractivity contribution in [2.24, 2.45) is 5.92 Å². The molecular formula is C17H28ClN3. The van der Waals surface area contributed by atoms with Crippen molar-refractivity contribution in [3.05, 3.63) is 29.0 Å². The summed E-state index contributed by atoms with van der Waals surface area (Å²) in [6, 6.07) is 2.60. The Balaban J connectivity index is 2.23. The van der Waals surface area contributed by atoms with Gasteiger partial charge in [-0.2, -0.15) is 0 Å². The van der Waals surface area contributed by atoms with Crippen LogP contribution >= 0.6 is 11.6 Å². The molecule has 118 valence electrons. The molecule has 21 heavy (non-hydrogen) atoms. The first-order chi connectivity index (χ1) is 10.0. The van der Waals surface area contributed by atoms with Crippen molar-refractivity contribution in [3.63, 3.8) is 0 Å². The maximum absolute atomic E-state index is 6.32. The van der Waals surface area contributed by atoms with Gasteiger partial charge in [-0.1, -0.05) is 39.3 Å². The zero-order valence-electron chi connectivity index (χ0n) is 13.7. The zero-order chi connectivity index (χ0) is 15.5. The monoisotopic (exact) mass is 309 g/mol. The summed E-state index contributed by atoms with van der Waals surface area (Å²) >= 11 is 6.32. The van der Waals surface area contributed by atoms with Crippen LogP contribution in [0.1, 0.15) is 46.1 Å². The molecule has 1 aliphatic rings. The summed E-state index contributed by atoms with van der Waals surface area (Å²) in [5, 5.41) is 4.53. The Kier molecular flexibility index (Phi) is 5.64. The Morgan fingerprint density at radius 1 is 1.43 bits per heavy atom. The quantitative estimate of drug-likeness (QED) is 0.898. The molecule has 0 aromatic carbocycles. The summed E-state index contributed by atoms with van der Waals surface area (Å²) < 4.78 is 0. The van der Waals surface area contributed by atoms with Gasteiger partial charge in [-0.25, -0.2) is 0 Å². The highest BCUT2D eigenvalue weighted by atomic mass is 35.5. The number of halogens is 1. The van der Waals surface area contributed by atoms with Crippen LogP contribution in [0.2, 0.25) is 5.02 Å². The number of nitrogens with one attached hydrogen (secondary N) is 1. The fourth-order valence-electron chi connectivity index (χ4n) is 3.29. The molecule has 0 saturated carbocycles. The van der Waals surface area contributed by atoms with Crippen molar-refractivity contribution < 1.29 is 0 Å². The van der Waals surface area contributed by atoms with Crippen LogP contribution in [0.3, 0.4) is 0 Å². The largest absolute Gasteiger partial charge is 0.311 e. The smallest absolute Gasteiger partial charge is 0.0634 e. The number of hydrogen-bond donors (Lipinski definition) is 1. The molecule has 3 nitrogen and oxygen atoms in total. The molecular weight excluding hydrogens is 282 g/mol. The number of piperazine rings is 1. The lowest BCUT2D eigenvalue weighted by Crippen LogP contribution is -2.64. The van der Waals surface area contributed by atoms with E-state index in [2.05, 4.69) is 42.9 Å².